The summed E-state index contributed by atoms with van der Waals surface area (Å²) >= 11 is 18.2. The molecule has 0 fully saturated rings. The Hall–Kier alpha value is -2.80. The van der Waals surface area contributed by atoms with Crippen LogP contribution in [0.3, 0.4) is 0 Å². The Bertz CT molecular complexity index is 1190. The molecule has 0 aliphatic heterocycles. The maximum Gasteiger partial charge on any atom is 0.310 e. The molecule has 3 aromatic rings. The number of rotatable bonds is 8. The Morgan fingerprint density at radius 3 is 2.55 bits per heavy atom. The molecule has 1 N–H and O–H groups in total. The highest BCUT2D eigenvalue weighted by molar-refractivity contribution is 6.36. The molecule has 0 radical (unpaired) electrons. The van der Waals surface area contributed by atoms with Crippen LogP contribution in [-0.4, -0.2) is 18.5 Å². The van der Waals surface area contributed by atoms with Gasteiger partial charge >= 0.3 is 5.97 Å². The first-order chi connectivity index (χ1) is 15.8. The van der Waals surface area contributed by atoms with E-state index in [0.29, 0.717) is 10.8 Å². The topological polar surface area (TPSA) is 64.6 Å². The molecular formula is C24H19Cl3FNO4. The normalized spacial score (nSPS) is 10.6. The first kappa shape index (κ1) is 24.8. The first-order valence-corrected chi connectivity index (χ1v) is 11.0. The number of benzene rings is 3. The van der Waals surface area contributed by atoms with Crippen LogP contribution >= 0.6 is 34.8 Å². The van der Waals surface area contributed by atoms with Gasteiger partial charge in [0, 0.05) is 10.6 Å². The first-order valence-electron chi connectivity index (χ1n) is 9.89. The van der Waals surface area contributed by atoms with Crippen LogP contribution in [0.5, 0.6) is 5.75 Å². The van der Waals surface area contributed by atoms with Crippen molar-refractivity contribution in [2.24, 2.45) is 0 Å². The van der Waals surface area contributed by atoms with Gasteiger partial charge < -0.3 is 14.8 Å². The Morgan fingerprint density at radius 2 is 1.82 bits per heavy atom. The minimum absolute atomic E-state index is 0.0353. The number of halogens is 4. The average Bonchev–Trinajstić information content (AvgIpc) is 2.78. The fourth-order valence-corrected chi connectivity index (χ4v) is 3.59. The smallest absolute Gasteiger partial charge is 0.310 e. The van der Waals surface area contributed by atoms with E-state index >= 15 is 0 Å². The minimum Gasteiger partial charge on any atom is -0.489 e. The number of carbonyl (C=O) groups is 2. The van der Waals surface area contributed by atoms with Gasteiger partial charge in [-0.2, -0.15) is 0 Å². The summed E-state index contributed by atoms with van der Waals surface area (Å²) in [6.45, 7) is 2.08. The van der Waals surface area contributed by atoms with Crippen LogP contribution in [0.4, 0.5) is 10.1 Å². The highest BCUT2D eigenvalue weighted by atomic mass is 35.5. The Morgan fingerprint density at radius 1 is 1.03 bits per heavy atom. The summed E-state index contributed by atoms with van der Waals surface area (Å²) < 4.78 is 25.2. The largest absolute Gasteiger partial charge is 0.489 e. The number of nitrogens with one attached hydrogen (secondary N) is 1. The summed E-state index contributed by atoms with van der Waals surface area (Å²) in [4.78, 5) is 24.4. The van der Waals surface area contributed by atoms with Crippen molar-refractivity contribution in [3.63, 3.8) is 0 Å². The van der Waals surface area contributed by atoms with E-state index in [0.717, 1.165) is 5.56 Å². The molecule has 0 saturated carbocycles. The molecule has 172 valence electrons. The van der Waals surface area contributed by atoms with E-state index in [2.05, 4.69) is 5.32 Å². The number of hydrogen-bond donors (Lipinski definition) is 1. The second-order valence-electron chi connectivity index (χ2n) is 6.90. The van der Waals surface area contributed by atoms with E-state index in [4.69, 9.17) is 44.3 Å². The Kier molecular flexibility index (Phi) is 8.55. The number of ether oxygens (including phenoxy) is 2. The van der Waals surface area contributed by atoms with E-state index in [-0.39, 0.29) is 46.5 Å². The van der Waals surface area contributed by atoms with Gasteiger partial charge in [-0.1, -0.05) is 53.0 Å². The maximum atomic E-state index is 14.6. The van der Waals surface area contributed by atoms with Crippen LogP contribution < -0.4 is 10.1 Å². The molecule has 0 aliphatic rings. The molecule has 0 bridgehead atoms. The third-order valence-corrected chi connectivity index (χ3v) is 5.46. The zero-order valence-corrected chi connectivity index (χ0v) is 19.7. The molecule has 9 heteroatoms. The number of amides is 1. The van der Waals surface area contributed by atoms with Gasteiger partial charge in [-0.25, -0.2) is 4.39 Å². The number of carbonyl (C=O) groups excluding carboxylic acids is 2. The minimum atomic E-state index is -0.813. The monoisotopic (exact) mass is 509 g/mol. The van der Waals surface area contributed by atoms with Crippen LogP contribution in [0.2, 0.25) is 15.1 Å². The van der Waals surface area contributed by atoms with Gasteiger partial charge in [0.05, 0.1) is 29.3 Å². The molecule has 3 aromatic carbocycles. The second-order valence-corrected chi connectivity index (χ2v) is 8.12. The van der Waals surface area contributed by atoms with Gasteiger partial charge in [-0.3, -0.25) is 9.59 Å². The van der Waals surface area contributed by atoms with Crippen molar-refractivity contribution < 1.29 is 23.5 Å². The third-order valence-electron chi connectivity index (χ3n) is 4.53. The second kappa shape index (κ2) is 11.4. The van der Waals surface area contributed by atoms with Crippen LogP contribution in [-0.2, 0) is 22.6 Å². The van der Waals surface area contributed by atoms with Gasteiger partial charge in [-0.05, 0) is 48.9 Å². The van der Waals surface area contributed by atoms with Crippen molar-refractivity contribution in [1.82, 2.24) is 0 Å². The van der Waals surface area contributed by atoms with Crippen molar-refractivity contribution in [2.75, 3.05) is 11.9 Å². The van der Waals surface area contributed by atoms with Crippen LogP contribution in [0.15, 0.2) is 54.6 Å². The molecule has 1 amide bonds. The van der Waals surface area contributed by atoms with Crippen LogP contribution in [0, 0.1) is 5.82 Å². The van der Waals surface area contributed by atoms with Crippen molar-refractivity contribution in [1.29, 1.82) is 0 Å². The zero-order chi connectivity index (χ0) is 24.0. The maximum absolute atomic E-state index is 14.6. The molecule has 0 aromatic heterocycles. The standard InChI is InChI=1S/C24H19Cl3FNO4/c1-2-32-21(30)11-15-6-9-20(22(27)23(15)28)29-24(31)18-12-17(7-8-19(18)26)33-13-14-4-3-5-16(25)10-14/h3-10,12H,2,11,13H2,1H3,(H,29,31). The zero-order valence-electron chi connectivity index (χ0n) is 17.5. The van der Waals surface area contributed by atoms with Crippen molar-refractivity contribution in [3.8, 4) is 5.75 Å². The molecule has 0 spiro atoms. The van der Waals surface area contributed by atoms with E-state index in [1.54, 1.807) is 25.1 Å². The molecule has 0 heterocycles. The lowest BCUT2D eigenvalue weighted by Gasteiger charge is -2.13. The van der Waals surface area contributed by atoms with Crippen LogP contribution in [0.25, 0.3) is 0 Å². The molecule has 0 aliphatic carbocycles. The summed E-state index contributed by atoms with van der Waals surface area (Å²) in [5, 5.41) is 2.98. The Balaban J connectivity index is 1.73. The van der Waals surface area contributed by atoms with E-state index in [9.17, 15) is 14.0 Å². The summed E-state index contributed by atoms with van der Waals surface area (Å²) in [5.74, 6) is -1.59. The molecule has 0 saturated heterocycles. The number of hydrogen-bond acceptors (Lipinski definition) is 4. The van der Waals surface area contributed by atoms with Gasteiger partial charge in [-0.15, -0.1) is 0 Å². The molecule has 5 nitrogen and oxygen atoms in total. The number of esters is 1. The molecule has 0 unspecified atom stereocenters. The van der Waals surface area contributed by atoms with Crippen molar-refractivity contribution in [3.05, 3.63) is 92.2 Å². The lowest BCUT2D eigenvalue weighted by Crippen LogP contribution is -2.14. The summed E-state index contributed by atoms with van der Waals surface area (Å²) in [6, 6.07) is 14.6. The van der Waals surface area contributed by atoms with E-state index in [1.165, 1.54) is 24.3 Å². The molecular weight excluding hydrogens is 492 g/mol. The molecule has 3 rings (SSSR count). The fraction of sp³-hybridized carbons (Fsp3) is 0.167. The van der Waals surface area contributed by atoms with Crippen molar-refractivity contribution in [2.45, 2.75) is 20.0 Å². The molecule has 33 heavy (non-hydrogen) atoms. The van der Waals surface area contributed by atoms with Crippen LogP contribution in [0.1, 0.15) is 28.4 Å². The highest BCUT2D eigenvalue weighted by Crippen LogP contribution is 2.30. The molecule has 0 atom stereocenters. The van der Waals surface area contributed by atoms with Gasteiger partial charge in [0.25, 0.3) is 5.91 Å². The predicted molar refractivity (Wildman–Crippen MR) is 127 cm³/mol. The predicted octanol–water partition coefficient (Wildman–Crippen LogP) is 6.72. The summed E-state index contributed by atoms with van der Waals surface area (Å²) in [7, 11) is 0. The lowest BCUT2D eigenvalue weighted by molar-refractivity contribution is -0.142. The van der Waals surface area contributed by atoms with Crippen molar-refractivity contribution >= 4 is 52.4 Å². The summed E-state index contributed by atoms with van der Waals surface area (Å²) in [5.41, 5.74) is 1.07. The quantitative estimate of drug-likeness (QED) is 0.342. The average molecular weight is 511 g/mol. The Labute approximate surface area is 205 Å². The lowest BCUT2D eigenvalue weighted by atomic mass is 10.1. The SMILES string of the molecule is CCOC(=O)Cc1ccc(NC(=O)c2cc(OCc3cccc(Cl)c3)ccc2Cl)c(Cl)c1F. The third kappa shape index (κ3) is 6.60. The van der Waals surface area contributed by atoms with Gasteiger partial charge in [0.1, 0.15) is 23.2 Å². The fourth-order valence-electron chi connectivity index (χ4n) is 2.94. The summed E-state index contributed by atoms with van der Waals surface area (Å²) in [6.07, 6.45) is -0.272. The number of anilines is 1. The van der Waals surface area contributed by atoms with E-state index < -0.39 is 17.7 Å². The van der Waals surface area contributed by atoms with Gasteiger partial charge in [0.2, 0.25) is 0 Å². The van der Waals surface area contributed by atoms with Gasteiger partial charge in [0.15, 0.2) is 0 Å². The highest BCUT2D eigenvalue weighted by Gasteiger charge is 2.18. The van der Waals surface area contributed by atoms with E-state index in [1.807, 2.05) is 12.1 Å².